The Hall–Kier alpha value is -1.06. The lowest BCUT2D eigenvalue weighted by molar-refractivity contribution is -0.124. The molecule has 1 aromatic rings. The molecule has 2 aliphatic rings. The van der Waals surface area contributed by atoms with Crippen LogP contribution in [0.25, 0.3) is 0 Å². The van der Waals surface area contributed by atoms with Crippen LogP contribution in [-0.4, -0.2) is 29.9 Å². The molecular formula is C19H27ClN2O. The average molecular weight is 335 g/mol. The van der Waals surface area contributed by atoms with Gasteiger partial charge in [-0.3, -0.25) is 9.69 Å². The first-order valence-corrected chi connectivity index (χ1v) is 9.30. The van der Waals surface area contributed by atoms with Gasteiger partial charge < -0.3 is 5.32 Å². The Balaban J connectivity index is 1.55. The minimum atomic E-state index is 0.0201. The summed E-state index contributed by atoms with van der Waals surface area (Å²) >= 11 is 5.92. The number of fused-ring (bicyclic) bond motifs is 1. The first-order valence-electron chi connectivity index (χ1n) is 8.92. The van der Waals surface area contributed by atoms with E-state index in [1.807, 2.05) is 31.2 Å². The van der Waals surface area contributed by atoms with E-state index in [4.69, 9.17) is 11.6 Å². The highest BCUT2D eigenvalue weighted by Crippen LogP contribution is 2.35. The number of halogens is 1. The van der Waals surface area contributed by atoms with Crippen LogP contribution in [0.15, 0.2) is 24.3 Å². The second-order valence-electron chi connectivity index (χ2n) is 7.07. The van der Waals surface area contributed by atoms with Crippen molar-refractivity contribution in [3.05, 3.63) is 34.9 Å². The molecule has 2 fully saturated rings. The molecule has 0 bridgehead atoms. The number of rotatable bonds is 4. The summed E-state index contributed by atoms with van der Waals surface area (Å²) in [6.07, 6.45) is 7.90. The summed E-state index contributed by atoms with van der Waals surface area (Å²) in [7, 11) is 0. The lowest BCUT2D eigenvalue weighted by Gasteiger charge is -2.43. The van der Waals surface area contributed by atoms with E-state index in [1.165, 1.54) is 38.5 Å². The average Bonchev–Trinajstić information content (AvgIpc) is 2.55. The predicted molar refractivity (Wildman–Crippen MR) is 94.6 cm³/mol. The topological polar surface area (TPSA) is 32.3 Å². The summed E-state index contributed by atoms with van der Waals surface area (Å²) in [6, 6.07) is 8.35. The molecule has 1 aliphatic carbocycles. The van der Waals surface area contributed by atoms with Crippen LogP contribution in [0.4, 0.5) is 0 Å². The Labute approximate surface area is 144 Å². The van der Waals surface area contributed by atoms with Crippen molar-refractivity contribution in [2.75, 3.05) is 13.1 Å². The zero-order valence-electron chi connectivity index (χ0n) is 13.9. The van der Waals surface area contributed by atoms with Crippen molar-refractivity contribution in [2.24, 2.45) is 5.92 Å². The molecule has 1 aliphatic heterocycles. The Morgan fingerprint density at radius 3 is 2.70 bits per heavy atom. The molecule has 3 rings (SSSR count). The first kappa shape index (κ1) is 16.8. The molecule has 1 amide bonds. The molecule has 126 valence electrons. The van der Waals surface area contributed by atoms with Crippen LogP contribution < -0.4 is 5.32 Å². The van der Waals surface area contributed by atoms with E-state index in [2.05, 4.69) is 10.2 Å². The maximum Gasteiger partial charge on any atom is 0.234 e. The number of likely N-dealkylation sites (tertiary alicyclic amines) is 1. The van der Waals surface area contributed by atoms with E-state index in [9.17, 15) is 4.79 Å². The van der Waals surface area contributed by atoms with Crippen molar-refractivity contribution < 1.29 is 4.79 Å². The van der Waals surface area contributed by atoms with Crippen LogP contribution in [0.2, 0.25) is 5.02 Å². The minimum Gasteiger partial charge on any atom is -0.348 e. The van der Waals surface area contributed by atoms with Gasteiger partial charge in [0.05, 0.1) is 12.6 Å². The molecule has 3 atom stereocenters. The highest BCUT2D eigenvalue weighted by Gasteiger charge is 2.33. The van der Waals surface area contributed by atoms with Crippen LogP contribution in [-0.2, 0) is 4.79 Å². The Morgan fingerprint density at radius 2 is 1.91 bits per heavy atom. The molecule has 1 saturated heterocycles. The number of benzene rings is 1. The van der Waals surface area contributed by atoms with Crippen LogP contribution in [0.1, 0.15) is 57.1 Å². The van der Waals surface area contributed by atoms with Gasteiger partial charge in [0.15, 0.2) is 0 Å². The van der Waals surface area contributed by atoms with E-state index < -0.39 is 0 Å². The zero-order chi connectivity index (χ0) is 16.2. The number of amides is 1. The monoisotopic (exact) mass is 334 g/mol. The standard InChI is InChI=1S/C19H27ClN2O/c1-14(15-8-10-17(20)11-9-15)21-19(23)13-22-12-4-6-16-5-2-3-7-18(16)22/h8-11,14,16,18H,2-7,12-13H2,1H3,(H,21,23)/t14-,16-,18+/m1/s1. The number of carbonyl (C=O) groups is 1. The lowest BCUT2D eigenvalue weighted by Crippen LogP contribution is -2.50. The van der Waals surface area contributed by atoms with E-state index in [1.54, 1.807) is 0 Å². The highest BCUT2D eigenvalue weighted by atomic mass is 35.5. The van der Waals surface area contributed by atoms with E-state index in [-0.39, 0.29) is 11.9 Å². The summed E-state index contributed by atoms with van der Waals surface area (Å²) in [5, 5.41) is 3.86. The van der Waals surface area contributed by atoms with E-state index in [0.717, 1.165) is 23.0 Å². The predicted octanol–water partition coefficient (Wildman–Crippen LogP) is 4.17. The van der Waals surface area contributed by atoms with Crippen molar-refractivity contribution in [1.29, 1.82) is 0 Å². The molecule has 1 N–H and O–H groups in total. The molecule has 0 spiro atoms. The van der Waals surface area contributed by atoms with Crippen molar-refractivity contribution in [3.8, 4) is 0 Å². The molecule has 0 radical (unpaired) electrons. The molecule has 1 aromatic carbocycles. The van der Waals surface area contributed by atoms with Crippen LogP contribution in [0.5, 0.6) is 0 Å². The van der Waals surface area contributed by atoms with Gasteiger partial charge in [0.1, 0.15) is 0 Å². The second-order valence-corrected chi connectivity index (χ2v) is 7.50. The second kappa shape index (κ2) is 7.67. The maximum atomic E-state index is 12.5. The summed E-state index contributed by atoms with van der Waals surface area (Å²) in [5.41, 5.74) is 1.09. The van der Waals surface area contributed by atoms with Gasteiger partial charge in [0, 0.05) is 11.1 Å². The van der Waals surface area contributed by atoms with Gasteiger partial charge in [-0.15, -0.1) is 0 Å². The van der Waals surface area contributed by atoms with Crippen molar-refractivity contribution >= 4 is 17.5 Å². The Morgan fingerprint density at radius 1 is 1.22 bits per heavy atom. The molecule has 3 nitrogen and oxygen atoms in total. The molecule has 1 heterocycles. The lowest BCUT2D eigenvalue weighted by atomic mass is 9.78. The van der Waals surface area contributed by atoms with Crippen LogP contribution in [0, 0.1) is 5.92 Å². The number of piperidine rings is 1. The van der Waals surface area contributed by atoms with E-state index in [0.29, 0.717) is 12.6 Å². The van der Waals surface area contributed by atoms with Gasteiger partial charge in [0.25, 0.3) is 0 Å². The largest absolute Gasteiger partial charge is 0.348 e. The third kappa shape index (κ3) is 4.27. The van der Waals surface area contributed by atoms with Gasteiger partial charge in [-0.2, -0.15) is 0 Å². The summed E-state index contributed by atoms with van der Waals surface area (Å²) in [4.78, 5) is 14.9. The number of nitrogens with one attached hydrogen (secondary N) is 1. The smallest absolute Gasteiger partial charge is 0.234 e. The third-order valence-corrected chi connectivity index (χ3v) is 5.70. The number of hydrogen-bond acceptors (Lipinski definition) is 2. The molecular weight excluding hydrogens is 308 g/mol. The van der Waals surface area contributed by atoms with Gasteiger partial charge in [0.2, 0.25) is 5.91 Å². The Bertz CT molecular complexity index is 529. The molecule has 0 unspecified atom stereocenters. The normalized spacial score (nSPS) is 26.3. The van der Waals surface area contributed by atoms with Crippen molar-refractivity contribution in [3.63, 3.8) is 0 Å². The number of hydrogen-bond donors (Lipinski definition) is 1. The summed E-state index contributed by atoms with van der Waals surface area (Å²) in [6.45, 7) is 3.64. The molecule has 4 heteroatoms. The first-order chi connectivity index (χ1) is 11.1. The van der Waals surface area contributed by atoms with Gasteiger partial charge in [-0.05, 0) is 62.8 Å². The van der Waals surface area contributed by atoms with Crippen molar-refractivity contribution in [2.45, 2.75) is 57.5 Å². The fraction of sp³-hybridized carbons (Fsp3) is 0.632. The summed E-state index contributed by atoms with van der Waals surface area (Å²) < 4.78 is 0. The van der Waals surface area contributed by atoms with Gasteiger partial charge in [-0.1, -0.05) is 36.6 Å². The van der Waals surface area contributed by atoms with Crippen molar-refractivity contribution in [1.82, 2.24) is 10.2 Å². The van der Waals surface area contributed by atoms with Gasteiger partial charge in [-0.25, -0.2) is 0 Å². The zero-order valence-corrected chi connectivity index (χ0v) is 14.7. The molecule has 1 saturated carbocycles. The van der Waals surface area contributed by atoms with Gasteiger partial charge >= 0.3 is 0 Å². The number of carbonyl (C=O) groups excluding carboxylic acids is 1. The molecule has 0 aromatic heterocycles. The molecule has 23 heavy (non-hydrogen) atoms. The van der Waals surface area contributed by atoms with Crippen LogP contribution >= 0.6 is 11.6 Å². The minimum absolute atomic E-state index is 0.0201. The fourth-order valence-corrected chi connectivity index (χ4v) is 4.36. The maximum absolute atomic E-state index is 12.5. The number of nitrogens with zero attached hydrogens (tertiary/aromatic N) is 1. The quantitative estimate of drug-likeness (QED) is 0.896. The third-order valence-electron chi connectivity index (χ3n) is 5.45. The SMILES string of the molecule is C[C@@H](NC(=O)CN1CCC[C@H]2CCCC[C@@H]21)c1ccc(Cl)cc1. The highest BCUT2D eigenvalue weighted by molar-refractivity contribution is 6.30. The fourth-order valence-electron chi connectivity index (χ4n) is 4.23. The van der Waals surface area contributed by atoms with Crippen LogP contribution in [0.3, 0.4) is 0 Å². The van der Waals surface area contributed by atoms with E-state index >= 15 is 0 Å². The Kier molecular flexibility index (Phi) is 5.60. The summed E-state index contributed by atoms with van der Waals surface area (Å²) in [5.74, 6) is 0.956.